The van der Waals surface area contributed by atoms with Crippen LogP contribution in [0.25, 0.3) is 10.2 Å². The van der Waals surface area contributed by atoms with Gasteiger partial charge in [-0.3, -0.25) is 9.59 Å². The van der Waals surface area contributed by atoms with Crippen LogP contribution in [0.5, 0.6) is 0 Å². The highest BCUT2D eigenvalue weighted by Crippen LogP contribution is 2.26. The fraction of sp³-hybridized carbons (Fsp3) is 0.588. The number of aromatic nitrogens is 2. The molecule has 6 nitrogen and oxygen atoms in total. The van der Waals surface area contributed by atoms with Crippen LogP contribution in [0.4, 0.5) is 0 Å². The number of H-pyrrole nitrogens is 1. The number of aromatic amines is 1. The molecule has 1 aliphatic heterocycles. The van der Waals surface area contributed by atoms with Crippen LogP contribution in [0, 0.1) is 13.8 Å². The topological polar surface area (TPSA) is 75.3 Å². The SMILES string of the molecule is Cc1sc2nc(CSCC(=O)N3C[C@H](C)O[C@@H](C)C3)[nH]c(=O)c2c1C. The smallest absolute Gasteiger partial charge is 0.259 e. The Balaban J connectivity index is 1.61. The minimum atomic E-state index is -0.0930. The van der Waals surface area contributed by atoms with E-state index in [2.05, 4.69) is 9.97 Å². The largest absolute Gasteiger partial charge is 0.372 e. The van der Waals surface area contributed by atoms with Gasteiger partial charge in [0.05, 0.1) is 29.1 Å². The van der Waals surface area contributed by atoms with Crippen molar-refractivity contribution in [2.75, 3.05) is 18.8 Å². The van der Waals surface area contributed by atoms with Crippen LogP contribution in [0.1, 0.15) is 30.1 Å². The lowest BCUT2D eigenvalue weighted by Gasteiger charge is -2.35. The van der Waals surface area contributed by atoms with Gasteiger partial charge in [0.2, 0.25) is 5.91 Å². The van der Waals surface area contributed by atoms with Crippen LogP contribution in [-0.4, -0.2) is 51.8 Å². The highest BCUT2D eigenvalue weighted by molar-refractivity contribution is 7.99. The van der Waals surface area contributed by atoms with Crippen molar-refractivity contribution >= 4 is 39.2 Å². The van der Waals surface area contributed by atoms with E-state index in [-0.39, 0.29) is 23.7 Å². The van der Waals surface area contributed by atoms with Gasteiger partial charge in [-0.05, 0) is 33.3 Å². The van der Waals surface area contributed by atoms with E-state index < -0.39 is 0 Å². The Morgan fingerprint density at radius 1 is 1.36 bits per heavy atom. The van der Waals surface area contributed by atoms with Gasteiger partial charge in [0.25, 0.3) is 5.56 Å². The van der Waals surface area contributed by atoms with E-state index in [1.165, 1.54) is 11.8 Å². The lowest BCUT2D eigenvalue weighted by molar-refractivity contribution is -0.140. The van der Waals surface area contributed by atoms with Crippen molar-refractivity contribution in [1.29, 1.82) is 0 Å². The van der Waals surface area contributed by atoms with Gasteiger partial charge in [0.1, 0.15) is 10.7 Å². The number of thioether (sulfide) groups is 1. The average molecular weight is 382 g/mol. The molecule has 136 valence electrons. The van der Waals surface area contributed by atoms with Gasteiger partial charge in [-0.1, -0.05) is 0 Å². The lowest BCUT2D eigenvalue weighted by Crippen LogP contribution is -2.48. The first kappa shape index (κ1) is 18.4. The number of morpholine rings is 1. The predicted molar refractivity (Wildman–Crippen MR) is 102 cm³/mol. The number of amides is 1. The number of carbonyl (C=O) groups is 1. The van der Waals surface area contributed by atoms with E-state index in [1.54, 1.807) is 11.3 Å². The van der Waals surface area contributed by atoms with Gasteiger partial charge >= 0.3 is 0 Å². The summed E-state index contributed by atoms with van der Waals surface area (Å²) < 4.78 is 5.66. The molecule has 0 aromatic carbocycles. The molecule has 3 rings (SSSR count). The number of hydrogen-bond donors (Lipinski definition) is 1. The zero-order valence-electron chi connectivity index (χ0n) is 14.9. The first-order valence-electron chi connectivity index (χ1n) is 8.35. The zero-order chi connectivity index (χ0) is 18.1. The maximum atomic E-state index is 12.4. The molecule has 0 radical (unpaired) electrons. The first-order valence-corrected chi connectivity index (χ1v) is 10.3. The van der Waals surface area contributed by atoms with Crippen LogP contribution in [-0.2, 0) is 15.3 Å². The highest BCUT2D eigenvalue weighted by atomic mass is 32.2. The lowest BCUT2D eigenvalue weighted by atomic mass is 10.2. The summed E-state index contributed by atoms with van der Waals surface area (Å²) in [7, 11) is 0. The summed E-state index contributed by atoms with van der Waals surface area (Å²) in [6.45, 7) is 9.19. The molecule has 8 heteroatoms. The summed E-state index contributed by atoms with van der Waals surface area (Å²) in [4.78, 5) is 35.8. The first-order chi connectivity index (χ1) is 11.8. The molecule has 1 N–H and O–H groups in total. The number of aryl methyl sites for hydroxylation is 2. The molecule has 1 amide bonds. The maximum Gasteiger partial charge on any atom is 0.259 e. The number of carbonyl (C=O) groups excluding carboxylic acids is 1. The van der Waals surface area contributed by atoms with Gasteiger partial charge in [-0.15, -0.1) is 23.1 Å². The summed E-state index contributed by atoms with van der Waals surface area (Å²) >= 11 is 3.02. The molecule has 25 heavy (non-hydrogen) atoms. The molecule has 1 saturated heterocycles. The molecule has 2 atom stereocenters. The molecular formula is C17H23N3O3S2. The van der Waals surface area contributed by atoms with Crippen LogP contribution in [0.15, 0.2) is 4.79 Å². The number of ether oxygens (including phenoxy) is 1. The van der Waals surface area contributed by atoms with Gasteiger partial charge in [0.15, 0.2) is 0 Å². The van der Waals surface area contributed by atoms with Gasteiger partial charge < -0.3 is 14.6 Å². The zero-order valence-corrected chi connectivity index (χ0v) is 16.6. The monoisotopic (exact) mass is 381 g/mol. The summed E-state index contributed by atoms with van der Waals surface area (Å²) in [5.41, 5.74) is 0.906. The van der Waals surface area contributed by atoms with Crippen LogP contribution in [0.3, 0.4) is 0 Å². The van der Waals surface area contributed by atoms with Crippen molar-refractivity contribution in [2.24, 2.45) is 0 Å². The Bertz CT molecular complexity index is 836. The number of hydrogen-bond acceptors (Lipinski definition) is 6. The summed E-state index contributed by atoms with van der Waals surface area (Å²) in [5.74, 6) is 1.63. The molecule has 2 aromatic heterocycles. The second kappa shape index (κ2) is 7.47. The van der Waals surface area contributed by atoms with Gasteiger partial charge in [-0.25, -0.2) is 4.98 Å². The van der Waals surface area contributed by atoms with Crippen molar-refractivity contribution in [3.63, 3.8) is 0 Å². The number of rotatable bonds is 4. The Morgan fingerprint density at radius 3 is 2.72 bits per heavy atom. The highest BCUT2D eigenvalue weighted by Gasteiger charge is 2.25. The minimum absolute atomic E-state index is 0.0726. The Morgan fingerprint density at radius 2 is 2.04 bits per heavy atom. The Kier molecular flexibility index (Phi) is 5.50. The van der Waals surface area contributed by atoms with Crippen molar-refractivity contribution < 1.29 is 9.53 Å². The van der Waals surface area contributed by atoms with Crippen LogP contribution < -0.4 is 5.56 Å². The summed E-state index contributed by atoms with van der Waals surface area (Å²) in [6.07, 6.45) is 0.145. The van der Waals surface area contributed by atoms with E-state index in [1.807, 2.05) is 32.6 Å². The average Bonchev–Trinajstić information content (AvgIpc) is 2.81. The normalized spacial score (nSPS) is 21.0. The Hall–Kier alpha value is -1.38. The van der Waals surface area contributed by atoms with E-state index in [9.17, 15) is 9.59 Å². The summed E-state index contributed by atoms with van der Waals surface area (Å²) in [6, 6.07) is 0. The molecule has 0 spiro atoms. The second-order valence-corrected chi connectivity index (χ2v) is 8.71. The molecule has 0 aliphatic carbocycles. The standard InChI is InChI=1S/C17H23N3O3S2/c1-9-5-20(6-10(2)23-9)14(21)8-24-7-13-18-16(22)15-11(3)12(4)25-17(15)19-13/h9-10H,5-8H2,1-4H3,(H,18,19,22)/t9-,10-/m0/s1. The van der Waals surface area contributed by atoms with Crippen molar-refractivity contribution in [3.05, 3.63) is 26.6 Å². The van der Waals surface area contributed by atoms with Crippen molar-refractivity contribution in [3.8, 4) is 0 Å². The van der Waals surface area contributed by atoms with Crippen LogP contribution in [0.2, 0.25) is 0 Å². The van der Waals surface area contributed by atoms with E-state index >= 15 is 0 Å². The molecular weight excluding hydrogens is 358 g/mol. The van der Waals surface area contributed by atoms with Crippen LogP contribution >= 0.6 is 23.1 Å². The fourth-order valence-electron chi connectivity index (χ4n) is 3.08. The minimum Gasteiger partial charge on any atom is -0.372 e. The predicted octanol–water partition coefficient (Wildman–Crippen LogP) is 2.47. The molecule has 1 fully saturated rings. The second-order valence-electron chi connectivity index (χ2n) is 6.52. The number of fused-ring (bicyclic) bond motifs is 1. The third-order valence-electron chi connectivity index (χ3n) is 4.32. The third-order valence-corrected chi connectivity index (χ3v) is 6.35. The molecule has 2 aromatic rings. The number of nitrogens with one attached hydrogen (secondary N) is 1. The number of thiophene rings is 1. The molecule has 0 bridgehead atoms. The fourth-order valence-corrected chi connectivity index (χ4v) is 4.91. The van der Waals surface area contributed by atoms with Crippen molar-refractivity contribution in [1.82, 2.24) is 14.9 Å². The third kappa shape index (κ3) is 4.07. The van der Waals surface area contributed by atoms with Gasteiger partial charge in [0, 0.05) is 18.0 Å². The van der Waals surface area contributed by atoms with Gasteiger partial charge in [-0.2, -0.15) is 0 Å². The Labute approximate surface area is 155 Å². The van der Waals surface area contributed by atoms with E-state index in [4.69, 9.17) is 4.74 Å². The quantitative estimate of drug-likeness (QED) is 0.881. The van der Waals surface area contributed by atoms with Crippen molar-refractivity contribution in [2.45, 2.75) is 45.7 Å². The summed E-state index contributed by atoms with van der Waals surface area (Å²) in [5, 5.41) is 0.684. The molecule has 3 heterocycles. The molecule has 0 saturated carbocycles. The number of nitrogens with zero attached hydrogens (tertiary/aromatic N) is 2. The van der Waals surface area contributed by atoms with E-state index in [0.29, 0.717) is 35.8 Å². The molecule has 1 aliphatic rings. The van der Waals surface area contributed by atoms with E-state index in [0.717, 1.165) is 15.3 Å². The maximum absolute atomic E-state index is 12.4. The molecule has 0 unspecified atom stereocenters.